The van der Waals surface area contributed by atoms with Gasteiger partial charge in [0.1, 0.15) is 5.16 Å². The van der Waals surface area contributed by atoms with Gasteiger partial charge in [-0.05, 0) is 12.2 Å². The van der Waals surface area contributed by atoms with Gasteiger partial charge in [-0.1, -0.05) is 11.6 Å². The van der Waals surface area contributed by atoms with Gasteiger partial charge in [0, 0.05) is 6.20 Å². The van der Waals surface area contributed by atoms with Crippen LogP contribution in [-0.2, 0) is 0 Å². The third kappa shape index (κ3) is 1.11. The van der Waals surface area contributed by atoms with Crippen LogP contribution in [-0.4, -0.2) is 0 Å². The zero-order valence-electron chi connectivity index (χ0n) is 3.61. The summed E-state index contributed by atoms with van der Waals surface area (Å²) >= 11 is 5.46. The summed E-state index contributed by atoms with van der Waals surface area (Å²) in [4.78, 5) is 0. The van der Waals surface area contributed by atoms with Crippen LogP contribution in [0.25, 0.3) is 0 Å². The topological polar surface area (TPSA) is 12.0 Å². The van der Waals surface area contributed by atoms with Gasteiger partial charge in [-0.3, -0.25) is 0 Å². The summed E-state index contributed by atoms with van der Waals surface area (Å²) in [6.07, 6.45) is 5.14. The van der Waals surface area contributed by atoms with Crippen LogP contribution in [0.3, 0.4) is 0 Å². The van der Waals surface area contributed by atoms with Gasteiger partial charge in [0.25, 0.3) is 0 Å². The van der Waals surface area contributed by atoms with Gasteiger partial charge < -0.3 is 5.32 Å². The molecule has 0 spiro atoms. The van der Waals surface area contributed by atoms with E-state index in [-0.39, 0.29) is 0 Å². The smallest absolute Gasteiger partial charge is 0.107 e. The molecule has 0 amide bonds. The van der Waals surface area contributed by atoms with E-state index in [0.29, 0.717) is 5.16 Å². The largest absolute Gasteiger partial charge is 0.346 e. The Morgan fingerprint density at radius 1 is 1.71 bits per heavy atom. The van der Waals surface area contributed by atoms with Crippen LogP contribution < -0.4 is 5.32 Å². The predicted octanol–water partition coefficient (Wildman–Crippen LogP) is 1.34. The monoisotopic (exact) mass is 113 g/mol. The van der Waals surface area contributed by atoms with E-state index in [9.17, 15) is 0 Å². The average molecular weight is 114 g/mol. The van der Waals surface area contributed by atoms with Crippen LogP contribution in [0.4, 0.5) is 0 Å². The maximum absolute atomic E-state index is 5.46. The molecule has 1 heterocycles. The first-order valence-electron chi connectivity index (χ1n) is 1.93. The number of nitrogens with one attached hydrogen (secondary N) is 1. The van der Waals surface area contributed by atoms with Crippen LogP contribution in [0.2, 0.25) is 0 Å². The molecule has 1 N–H and O–H groups in total. The molecule has 36 valence electrons. The highest BCUT2D eigenvalue weighted by Gasteiger charge is 1.83. The minimum atomic E-state index is 0.638. The summed E-state index contributed by atoms with van der Waals surface area (Å²) in [5, 5.41) is 3.38. The Kier molecular flexibility index (Phi) is 1.21. The fourth-order valence-corrected chi connectivity index (χ4v) is 0.446. The Hall–Kier alpha value is -0.650. The molecule has 0 aliphatic carbocycles. The highest BCUT2D eigenvalue weighted by Crippen LogP contribution is 1.97. The van der Waals surface area contributed by atoms with Crippen LogP contribution in [0.5, 0.6) is 0 Å². The first kappa shape index (κ1) is 4.51. The second kappa shape index (κ2) is 1.87. The summed E-state index contributed by atoms with van der Waals surface area (Å²) in [5.41, 5.74) is 2.79. The van der Waals surface area contributed by atoms with Crippen molar-refractivity contribution in [3.05, 3.63) is 29.2 Å². The van der Waals surface area contributed by atoms with Gasteiger partial charge in [0.15, 0.2) is 0 Å². The van der Waals surface area contributed by atoms with Crippen molar-refractivity contribution in [2.75, 3.05) is 0 Å². The highest BCUT2D eigenvalue weighted by atomic mass is 35.5. The third-order valence-corrected chi connectivity index (χ3v) is 0.854. The standard InChI is InChI=1S/C5H4ClN/c6-5-3-1-2-4-7-5/h1,3-4,7H. The zero-order chi connectivity index (χ0) is 5.11. The molecule has 0 saturated heterocycles. The first-order valence-corrected chi connectivity index (χ1v) is 2.30. The van der Waals surface area contributed by atoms with E-state index in [1.807, 2.05) is 0 Å². The van der Waals surface area contributed by atoms with Crippen molar-refractivity contribution in [2.45, 2.75) is 0 Å². The van der Waals surface area contributed by atoms with Crippen LogP contribution >= 0.6 is 11.6 Å². The molecule has 0 aromatic carbocycles. The molecule has 0 fully saturated rings. The molecule has 2 heteroatoms. The fraction of sp³-hybridized carbons (Fsp3) is 0. The molecule has 7 heavy (non-hydrogen) atoms. The molecule has 0 radical (unpaired) electrons. The van der Waals surface area contributed by atoms with E-state index in [2.05, 4.69) is 11.0 Å². The van der Waals surface area contributed by atoms with Crippen molar-refractivity contribution in [2.24, 2.45) is 0 Å². The van der Waals surface area contributed by atoms with Gasteiger partial charge in [0.2, 0.25) is 0 Å². The first-order chi connectivity index (χ1) is 3.39. The van der Waals surface area contributed by atoms with Crippen LogP contribution in [0.1, 0.15) is 0 Å². The molecule has 0 unspecified atom stereocenters. The molecule has 0 bridgehead atoms. The quantitative estimate of drug-likeness (QED) is 0.369. The second-order valence-electron chi connectivity index (χ2n) is 1.14. The minimum absolute atomic E-state index is 0.638. The van der Waals surface area contributed by atoms with E-state index in [0.717, 1.165) is 0 Å². The molecular formula is C5H4ClN. The molecule has 1 aliphatic rings. The Labute approximate surface area is 47.0 Å². The predicted molar refractivity (Wildman–Crippen MR) is 29.7 cm³/mol. The summed E-state index contributed by atoms with van der Waals surface area (Å²) < 4.78 is 0. The zero-order valence-corrected chi connectivity index (χ0v) is 4.37. The van der Waals surface area contributed by atoms with E-state index >= 15 is 0 Å². The summed E-state index contributed by atoms with van der Waals surface area (Å²) in [6.45, 7) is 0. The van der Waals surface area contributed by atoms with Crippen LogP contribution in [0.15, 0.2) is 29.2 Å². The van der Waals surface area contributed by atoms with Gasteiger partial charge in [-0.2, -0.15) is 0 Å². The molecule has 0 atom stereocenters. The Bertz CT molecular complexity index is 151. The second-order valence-corrected chi connectivity index (χ2v) is 1.54. The maximum atomic E-state index is 5.46. The van der Waals surface area contributed by atoms with E-state index in [1.54, 1.807) is 18.4 Å². The average Bonchev–Trinajstić information content (AvgIpc) is 1.69. The van der Waals surface area contributed by atoms with Gasteiger partial charge in [-0.25, -0.2) is 0 Å². The number of rotatable bonds is 0. The Morgan fingerprint density at radius 2 is 2.57 bits per heavy atom. The van der Waals surface area contributed by atoms with Crippen molar-refractivity contribution < 1.29 is 0 Å². The summed E-state index contributed by atoms with van der Waals surface area (Å²) in [6, 6.07) is 0. The van der Waals surface area contributed by atoms with Crippen molar-refractivity contribution >= 4 is 11.6 Å². The lowest BCUT2D eigenvalue weighted by atomic mass is 10.5. The third-order valence-electron chi connectivity index (χ3n) is 0.619. The molecule has 1 aliphatic heterocycles. The molecule has 1 rings (SSSR count). The van der Waals surface area contributed by atoms with Crippen molar-refractivity contribution in [3.8, 4) is 0 Å². The minimum Gasteiger partial charge on any atom is -0.346 e. The van der Waals surface area contributed by atoms with Gasteiger partial charge in [-0.15, -0.1) is 5.73 Å². The van der Waals surface area contributed by atoms with Gasteiger partial charge >= 0.3 is 0 Å². The lowest BCUT2D eigenvalue weighted by Crippen LogP contribution is -1.98. The van der Waals surface area contributed by atoms with E-state index < -0.39 is 0 Å². The SMILES string of the molecule is ClC1=CC=C=CN1. The summed E-state index contributed by atoms with van der Waals surface area (Å²) in [5.74, 6) is 0. The Balaban J connectivity index is 2.77. The normalized spacial score (nSPS) is 15.9. The van der Waals surface area contributed by atoms with Crippen molar-refractivity contribution in [1.82, 2.24) is 5.32 Å². The molecular weight excluding hydrogens is 110 g/mol. The van der Waals surface area contributed by atoms with Crippen molar-refractivity contribution in [3.63, 3.8) is 0 Å². The Morgan fingerprint density at radius 3 is 2.86 bits per heavy atom. The number of halogens is 1. The van der Waals surface area contributed by atoms with E-state index in [1.165, 1.54) is 0 Å². The molecule has 0 aromatic heterocycles. The van der Waals surface area contributed by atoms with Gasteiger partial charge in [0.05, 0.1) is 0 Å². The molecule has 0 saturated carbocycles. The van der Waals surface area contributed by atoms with Crippen LogP contribution in [0, 0.1) is 0 Å². The van der Waals surface area contributed by atoms with E-state index in [4.69, 9.17) is 11.6 Å². The number of hydrogen-bond donors (Lipinski definition) is 1. The maximum Gasteiger partial charge on any atom is 0.107 e. The summed E-state index contributed by atoms with van der Waals surface area (Å²) in [7, 11) is 0. The lowest BCUT2D eigenvalue weighted by Gasteiger charge is -1.94. The van der Waals surface area contributed by atoms with Crippen molar-refractivity contribution in [1.29, 1.82) is 0 Å². The molecule has 1 nitrogen and oxygen atoms in total. The highest BCUT2D eigenvalue weighted by molar-refractivity contribution is 6.29. The fourth-order valence-electron chi connectivity index (χ4n) is 0.328. The lowest BCUT2D eigenvalue weighted by molar-refractivity contribution is 1.15. The number of hydrogen-bond acceptors (Lipinski definition) is 1. The molecule has 0 aromatic rings. The number of allylic oxidation sites excluding steroid dienone is 2.